The molecule has 3 aliphatic carbocycles. The second kappa shape index (κ2) is 13.9. The zero-order valence-electron chi connectivity index (χ0n) is 30.0. The first-order valence-electron chi connectivity index (χ1n) is 17.9. The maximum absolute atomic E-state index is 14.3. The van der Waals surface area contributed by atoms with Gasteiger partial charge in [-0.05, 0) is 63.5 Å². The summed E-state index contributed by atoms with van der Waals surface area (Å²) in [5, 5.41) is 5.90. The SMILES string of the molecule is COc1ccc2c(O[C@@H]3C[C@H]4C(=O)N[C@]5(C(=O)NS(=O)(=O)C6CC6)C[C@H]5/C=C\C/C=C\CN(C)C(=O)[C@@H]4C3)cc(-c3nc(C(C)C)cs3)nc2c1C. The summed E-state index contributed by atoms with van der Waals surface area (Å²) in [6, 6.07) is 5.64. The summed E-state index contributed by atoms with van der Waals surface area (Å²) in [6.45, 7) is 6.50. The molecule has 5 atom stereocenters. The number of benzene rings is 1. The minimum atomic E-state index is -3.84. The summed E-state index contributed by atoms with van der Waals surface area (Å²) in [5.74, 6) is -1.83. The average Bonchev–Trinajstić information content (AvgIpc) is 3.98. The summed E-state index contributed by atoms with van der Waals surface area (Å²) < 4.78 is 40.2. The third kappa shape index (κ3) is 6.94. The van der Waals surface area contributed by atoms with Crippen LogP contribution < -0.4 is 19.5 Å². The molecule has 3 fully saturated rings. The van der Waals surface area contributed by atoms with E-state index in [1.165, 1.54) is 11.3 Å². The van der Waals surface area contributed by atoms with Crippen LogP contribution in [0.15, 0.2) is 47.9 Å². The molecule has 1 aliphatic heterocycles. The van der Waals surface area contributed by atoms with Gasteiger partial charge in [-0.15, -0.1) is 11.3 Å². The third-order valence-electron chi connectivity index (χ3n) is 10.7. The lowest BCUT2D eigenvalue weighted by Gasteiger charge is -2.26. The number of aromatic nitrogens is 2. The molecule has 0 radical (unpaired) electrons. The van der Waals surface area contributed by atoms with Crippen molar-refractivity contribution in [2.24, 2.45) is 17.8 Å². The van der Waals surface area contributed by atoms with Gasteiger partial charge in [-0.2, -0.15) is 0 Å². The largest absolute Gasteiger partial charge is 0.496 e. The Balaban J connectivity index is 1.22. The molecule has 3 heterocycles. The van der Waals surface area contributed by atoms with Gasteiger partial charge in [0, 0.05) is 41.9 Å². The number of thiazole rings is 1. The molecule has 3 aromatic rings. The van der Waals surface area contributed by atoms with Gasteiger partial charge in [-0.25, -0.2) is 18.4 Å². The Kier molecular flexibility index (Phi) is 9.66. The van der Waals surface area contributed by atoms with Gasteiger partial charge in [0.05, 0.1) is 35.4 Å². The Labute approximate surface area is 308 Å². The predicted octanol–water partition coefficient (Wildman–Crippen LogP) is 5.03. The Hall–Kier alpha value is -4.30. The normalized spacial score (nSPS) is 27.7. The van der Waals surface area contributed by atoms with Crippen LogP contribution in [0.2, 0.25) is 0 Å². The minimum Gasteiger partial charge on any atom is -0.496 e. The number of carbonyl (C=O) groups excluding carboxylic acids is 3. The number of allylic oxidation sites excluding steroid dienone is 2. The number of aryl methyl sites for hydroxylation is 1. The number of nitrogens with one attached hydrogen (secondary N) is 2. The maximum atomic E-state index is 14.3. The number of carbonyl (C=O) groups is 3. The first-order valence-corrected chi connectivity index (χ1v) is 20.3. The fourth-order valence-electron chi connectivity index (χ4n) is 7.31. The highest BCUT2D eigenvalue weighted by molar-refractivity contribution is 7.91. The van der Waals surface area contributed by atoms with Crippen molar-refractivity contribution in [1.29, 1.82) is 0 Å². The quantitative estimate of drug-likeness (QED) is 0.302. The van der Waals surface area contributed by atoms with Crippen LogP contribution in [0.25, 0.3) is 21.6 Å². The number of hydrogen-bond donors (Lipinski definition) is 2. The Morgan fingerprint density at radius 2 is 1.87 bits per heavy atom. The summed E-state index contributed by atoms with van der Waals surface area (Å²) >= 11 is 1.51. The Morgan fingerprint density at radius 1 is 1.10 bits per heavy atom. The number of fused-ring (bicyclic) bond motifs is 3. The standard InChI is InChI=1S/C38H45N5O7S2/c1-21(2)30-20-51-35(40-30)29-18-32(26-13-14-31(49-5)22(3)33(26)39-29)50-24-16-27-28(17-24)36(45)43(4)15-9-7-6-8-10-23-19-38(23,41-34(27)44)37(46)42-52(47,48)25-11-12-25/h7-10,13-14,18,20-21,23-25,27-28H,6,11-12,15-17,19H2,1-5H3,(H,41,44)(H,42,46)/b9-7-,10-8-/t23-,24-,27-,28-,38-/m1/s1. The van der Waals surface area contributed by atoms with E-state index in [2.05, 4.69) is 23.9 Å². The van der Waals surface area contributed by atoms with Crippen LogP contribution in [0.4, 0.5) is 0 Å². The van der Waals surface area contributed by atoms with Gasteiger partial charge in [0.15, 0.2) is 0 Å². The van der Waals surface area contributed by atoms with E-state index in [1.54, 1.807) is 19.1 Å². The molecule has 2 N–H and O–H groups in total. The molecule has 12 nitrogen and oxygen atoms in total. The second-order valence-corrected chi connectivity index (χ2v) is 17.6. The fourth-order valence-corrected chi connectivity index (χ4v) is 9.61. The first-order chi connectivity index (χ1) is 24.8. The molecule has 3 saturated carbocycles. The maximum Gasteiger partial charge on any atom is 0.259 e. The lowest BCUT2D eigenvalue weighted by molar-refractivity contribution is -0.140. The number of ether oxygens (including phenoxy) is 2. The lowest BCUT2D eigenvalue weighted by Crippen LogP contribution is -2.54. The molecule has 0 unspecified atom stereocenters. The molecule has 7 rings (SSSR count). The number of likely N-dealkylation sites (N-methyl/N-ethyl adjacent to an activating group) is 1. The summed E-state index contributed by atoms with van der Waals surface area (Å²) in [4.78, 5) is 53.3. The third-order valence-corrected chi connectivity index (χ3v) is 13.4. The summed E-state index contributed by atoms with van der Waals surface area (Å²) in [6.07, 6.45) is 9.41. The van der Waals surface area contributed by atoms with Gasteiger partial charge in [0.1, 0.15) is 33.8 Å². The van der Waals surface area contributed by atoms with E-state index >= 15 is 0 Å². The number of sulfonamides is 1. The fraction of sp³-hybridized carbons (Fsp3) is 0.500. The highest BCUT2D eigenvalue weighted by Crippen LogP contribution is 2.47. The van der Waals surface area contributed by atoms with Crippen molar-refractivity contribution < 1.29 is 32.3 Å². The molecule has 1 aromatic carbocycles. The zero-order valence-corrected chi connectivity index (χ0v) is 31.7. The molecule has 2 aromatic heterocycles. The Morgan fingerprint density at radius 3 is 2.58 bits per heavy atom. The molecule has 4 aliphatic rings. The van der Waals surface area contributed by atoms with Crippen molar-refractivity contribution in [3.8, 4) is 22.2 Å². The van der Waals surface area contributed by atoms with E-state index in [0.717, 1.165) is 21.7 Å². The van der Waals surface area contributed by atoms with E-state index in [-0.39, 0.29) is 37.0 Å². The number of methoxy groups -OCH3 is 1. The molecule has 0 spiro atoms. The summed E-state index contributed by atoms with van der Waals surface area (Å²) in [5.41, 5.74) is 1.74. The van der Waals surface area contributed by atoms with Gasteiger partial charge in [-0.3, -0.25) is 19.1 Å². The molecule has 276 valence electrons. The number of hydrogen-bond acceptors (Lipinski definition) is 10. The topological polar surface area (TPSA) is 157 Å². The molecular weight excluding hydrogens is 703 g/mol. The van der Waals surface area contributed by atoms with Crippen LogP contribution in [-0.2, 0) is 24.4 Å². The van der Waals surface area contributed by atoms with Gasteiger partial charge in [0.2, 0.25) is 21.8 Å². The number of rotatable bonds is 8. The highest BCUT2D eigenvalue weighted by Gasteiger charge is 2.62. The second-order valence-electron chi connectivity index (χ2n) is 14.8. The average molecular weight is 748 g/mol. The van der Waals surface area contributed by atoms with Crippen molar-refractivity contribution >= 4 is 50.0 Å². The lowest BCUT2D eigenvalue weighted by atomic mass is 9.93. The van der Waals surface area contributed by atoms with E-state index in [9.17, 15) is 22.8 Å². The minimum absolute atomic E-state index is 0.199. The van der Waals surface area contributed by atoms with Crippen molar-refractivity contribution in [3.05, 3.63) is 59.1 Å². The number of nitrogens with zero attached hydrogens (tertiary/aromatic N) is 3. The molecular formula is C38H45N5O7S2. The van der Waals surface area contributed by atoms with Crippen molar-refractivity contribution in [2.45, 2.75) is 82.1 Å². The van der Waals surface area contributed by atoms with Crippen LogP contribution in [-0.4, -0.2) is 78.6 Å². The molecule has 14 heteroatoms. The van der Waals surface area contributed by atoms with Gasteiger partial charge < -0.3 is 19.7 Å². The Bertz CT molecular complexity index is 2090. The van der Waals surface area contributed by atoms with Crippen LogP contribution in [0.5, 0.6) is 11.5 Å². The summed E-state index contributed by atoms with van der Waals surface area (Å²) in [7, 11) is -0.511. The number of amides is 3. The van der Waals surface area contributed by atoms with E-state index < -0.39 is 50.6 Å². The van der Waals surface area contributed by atoms with Crippen LogP contribution >= 0.6 is 11.3 Å². The van der Waals surface area contributed by atoms with E-state index in [1.807, 2.05) is 54.8 Å². The van der Waals surface area contributed by atoms with E-state index in [0.29, 0.717) is 48.5 Å². The van der Waals surface area contributed by atoms with Crippen LogP contribution in [0.1, 0.15) is 69.5 Å². The van der Waals surface area contributed by atoms with Gasteiger partial charge in [0.25, 0.3) is 5.91 Å². The predicted molar refractivity (Wildman–Crippen MR) is 198 cm³/mol. The van der Waals surface area contributed by atoms with E-state index in [4.69, 9.17) is 19.4 Å². The highest BCUT2D eigenvalue weighted by atomic mass is 32.2. The molecule has 0 saturated heterocycles. The van der Waals surface area contributed by atoms with Crippen molar-refractivity contribution in [1.82, 2.24) is 24.9 Å². The molecule has 52 heavy (non-hydrogen) atoms. The monoisotopic (exact) mass is 747 g/mol. The van der Waals surface area contributed by atoms with Crippen LogP contribution in [0.3, 0.4) is 0 Å². The van der Waals surface area contributed by atoms with Crippen molar-refractivity contribution in [3.63, 3.8) is 0 Å². The first kappa shape index (κ1) is 36.1. The molecule has 3 amide bonds. The van der Waals surface area contributed by atoms with Crippen LogP contribution in [0, 0.1) is 24.7 Å². The van der Waals surface area contributed by atoms with Crippen molar-refractivity contribution in [2.75, 3.05) is 20.7 Å². The zero-order chi connectivity index (χ0) is 36.9. The van der Waals surface area contributed by atoms with Gasteiger partial charge >= 0.3 is 0 Å². The smallest absolute Gasteiger partial charge is 0.259 e. The van der Waals surface area contributed by atoms with Gasteiger partial charge in [-0.1, -0.05) is 38.2 Å². The molecule has 0 bridgehead atoms. The number of pyridine rings is 1.